The Balaban J connectivity index is 1.91. The van der Waals surface area contributed by atoms with E-state index in [0.29, 0.717) is 16.8 Å². The van der Waals surface area contributed by atoms with Gasteiger partial charge in [0.05, 0.1) is 11.8 Å². The number of fused-ring (bicyclic) bond motifs is 1. The fourth-order valence-corrected chi connectivity index (χ4v) is 2.17. The van der Waals surface area contributed by atoms with E-state index in [0.717, 1.165) is 18.6 Å². The number of nitrogens with one attached hydrogen (secondary N) is 1. The van der Waals surface area contributed by atoms with Gasteiger partial charge >= 0.3 is 12.4 Å². The van der Waals surface area contributed by atoms with E-state index in [-0.39, 0.29) is 16.7 Å². The Morgan fingerprint density at radius 1 is 1.07 bits per heavy atom. The van der Waals surface area contributed by atoms with Crippen molar-refractivity contribution < 1.29 is 31.1 Å². The van der Waals surface area contributed by atoms with Crippen LogP contribution >= 0.6 is 0 Å². The highest BCUT2D eigenvalue weighted by molar-refractivity contribution is 6.03. The number of amides is 1. The summed E-state index contributed by atoms with van der Waals surface area (Å²) in [6.45, 7) is -1.48. The lowest BCUT2D eigenvalue weighted by atomic mass is 10.2. The number of carbonyl (C=O) groups is 1. The number of nitrogens with zero attached hydrogens (tertiary/aromatic N) is 5. The van der Waals surface area contributed by atoms with E-state index in [9.17, 15) is 31.1 Å². The first kappa shape index (κ1) is 18.5. The van der Waals surface area contributed by atoms with Gasteiger partial charge in [0.1, 0.15) is 24.1 Å². The van der Waals surface area contributed by atoms with E-state index >= 15 is 0 Å². The molecule has 3 aromatic rings. The summed E-state index contributed by atoms with van der Waals surface area (Å²) in [4.78, 5) is 26.5. The summed E-state index contributed by atoms with van der Waals surface area (Å²) < 4.78 is 76.6. The molecule has 0 aromatic carbocycles. The summed E-state index contributed by atoms with van der Waals surface area (Å²) in [6, 6.07) is 1.43. The van der Waals surface area contributed by atoms with Crippen LogP contribution < -0.4 is 5.32 Å². The third-order valence-corrected chi connectivity index (χ3v) is 3.29. The highest BCUT2D eigenvalue weighted by Gasteiger charge is 2.33. The molecule has 0 spiro atoms. The lowest BCUT2D eigenvalue weighted by molar-refractivity contribution is -0.141. The average molecular weight is 390 g/mol. The van der Waals surface area contributed by atoms with Gasteiger partial charge in [0.25, 0.3) is 5.91 Å². The number of aromatic nitrogens is 5. The van der Waals surface area contributed by atoms with E-state index in [1.165, 1.54) is 0 Å². The molecule has 0 fully saturated rings. The van der Waals surface area contributed by atoms with Crippen LogP contribution in [0.5, 0.6) is 0 Å². The second kappa shape index (κ2) is 6.48. The first-order valence-electron chi connectivity index (χ1n) is 7.12. The SMILES string of the molecule is O=C(Nc1nc2cncnc2n1CC(F)(F)F)c1ccc(C(F)(F)F)nc1. The predicted molar refractivity (Wildman–Crippen MR) is 78.6 cm³/mol. The van der Waals surface area contributed by atoms with Crippen molar-refractivity contribution in [2.75, 3.05) is 5.32 Å². The summed E-state index contributed by atoms with van der Waals surface area (Å²) in [5.41, 5.74) is -1.66. The average Bonchev–Trinajstić information content (AvgIpc) is 2.90. The Hall–Kier alpha value is -3.25. The molecule has 0 radical (unpaired) electrons. The molecule has 0 aliphatic carbocycles. The van der Waals surface area contributed by atoms with Gasteiger partial charge in [-0.25, -0.2) is 15.0 Å². The molecule has 1 N–H and O–H groups in total. The van der Waals surface area contributed by atoms with E-state index in [1.807, 2.05) is 0 Å². The Bertz CT molecular complexity index is 978. The number of hydrogen-bond donors (Lipinski definition) is 1. The molecule has 0 saturated carbocycles. The Labute approximate surface area is 146 Å². The zero-order chi connectivity index (χ0) is 19.8. The lowest BCUT2D eigenvalue weighted by Crippen LogP contribution is -2.22. The van der Waals surface area contributed by atoms with Crippen LogP contribution in [0.1, 0.15) is 16.1 Å². The van der Waals surface area contributed by atoms with Crippen LogP contribution in [0.4, 0.5) is 32.3 Å². The maximum absolute atomic E-state index is 12.8. The standard InChI is InChI=1S/C14H8F6N6O/c15-13(16,17)5-26-10-8(4-21-6-23-10)24-12(26)25-11(27)7-1-2-9(22-3-7)14(18,19)20/h1-4,6H,5H2,(H,24,25,27). The first-order valence-corrected chi connectivity index (χ1v) is 7.12. The number of anilines is 1. The zero-order valence-electron chi connectivity index (χ0n) is 13.0. The molecule has 142 valence electrons. The van der Waals surface area contributed by atoms with Gasteiger partial charge in [-0.1, -0.05) is 0 Å². The first-order chi connectivity index (χ1) is 12.5. The second-order valence-corrected chi connectivity index (χ2v) is 5.25. The van der Waals surface area contributed by atoms with Crippen LogP contribution in [-0.4, -0.2) is 36.6 Å². The monoisotopic (exact) mass is 390 g/mol. The molecule has 7 nitrogen and oxygen atoms in total. The van der Waals surface area contributed by atoms with Crippen molar-refractivity contribution in [1.82, 2.24) is 24.5 Å². The Morgan fingerprint density at radius 3 is 2.41 bits per heavy atom. The molecule has 0 saturated heterocycles. The van der Waals surface area contributed by atoms with Gasteiger partial charge in [0.2, 0.25) is 5.95 Å². The van der Waals surface area contributed by atoms with E-state index in [2.05, 4.69) is 25.3 Å². The maximum atomic E-state index is 12.8. The number of halogens is 6. The van der Waals surface area contributed by atoms with Crippen LogP contribution in [0.25, 0.3) is 11.2 Å². The van der Waals surface area contributed by atoms with E-state index in [4.69, 9.17) is 0 Å². The van der Waals surface area contributed by atoms with Crippen molar-refractivity contribution >= 4 is 23.0 Å². The predicted octanol–water partition coefficient (Wildman–Crippen LogP) is 3.05. The maximum Gasteiger partial charge on any atom is 0.433 e. The highest BCUT2D eigenvalue weighted by atomic mass is 19.4. The number of alkyl halides is 6. The van der Waals surface area contributed by atoms with Gasteiger partial charge in [-0.3, -0.25) is 19.7 Å². The van der Waals surface area contributed by atoms with Gasteiger partial charge < -0.3 is 0 Å². The molecule has 0 bridgehead atoms. The van der Waals surface area contributed by atoms with Crippen LogP contribution in [0.3, 0.4) is 0 Å². The van der Waals surface area contributed by atoms with Crippen molar-refractivity contribution in [3.63, 3.8) is 0 Å². The fourth-order valence-electron chi connectivity index (χ4n) is 2.17. The van der Waals surface area contributed by atoms with Gasteiger partial charge in [0.15, 0.2) is 5.65 Å². The van der Waals surface area contributed by atoms with Crippen molar-refractivity contribution in [1.29, 1.82) is 0 Å². The number of imidazole rings is 1. The number of pyridine rings is 1. The van der Waals surface area contributed by atoms with Crippen LogP contribution in [0.15, 0.2) is 30.9 Å². The van der Waals surface area contributed by atoms with Crippen molar-refractivity contribution in [3.05, 3.63) is 42.1 Å². The largest absolute Gasteiger partial charge is 0.433 e. The third-order valence-electron chi connectivity index (χ3n) is 3.29. The van der Waals surface area contributed by atoms with Gasteiger partial charge in [-0.15, -0.1) is 0 Å². The molecule has 27 heavy (non-hydrogen) atoms. The smallest absolute Gasteiger partial charge is 0.292 e. The summed E-state index contributed by atoms with van der Waals surface area (Å²) in [5, 5.41) is 2.12. The molecule has 0 aliphatic rings. The molecule has 0 aliphatic heterocycles. The number of carbonyl (C=O) groups excluding carboxylic acids is 1. The molecule has 3 heterocycles. The molecule has 0 unspecified atom stereocenters. The molecule has 0 atom stereocenters. The minimum absolute atomic E-state index is 0.00240. The molecule has 3 rings (SSSR count). The topological polar surface area (TPSA) is 85.6 Å². The molecular formula is C14H8F6N6O. The Morgan fingerprint density at radius 2 is 1.81 bits per heavy atom. The summed E-state index contributed by atoms with van der Waals surface area (Å²) in [5.74, 6) is -1.46. The molecule has 1 amide bonds. The zero-order valence-corrected chi connectivity index (χ0v) is 13.0. The van der Waals surface area contributed by atoms with E-state index < -0.39 is 36.4 Å². The van der Waals surface area contributed by atoms with Gasteiger partial charge in [0, 0.05) is 6.20 Å². The van der Waals surface area contributed by atoms with Crippen LogP contribution in [0, 0.1) is 0 Å². The molecular weight excluding hydrogens is 382 g/mol. The summed E-state index contributed by atoms with van der Waals surface area (Å²) >= 11 is 0. The molecule has 13 heteroatoms. The summed E-state index contributed by atoms with van der Waals surface area (Å²) in [7, 11) is 0. The van der Waals surface area contributed by atoms with Gasteiger partial charge in [-0.05, 0) is 12.1 Å². The van der Waals surface area contributed by atoms with Crippen LogP contribution in [-0.2, 0) is 12.7 Å². The normalized spacial score (nSPS) is 12.4. The molecule has 3 aromatic heterocycles. The van der Waals surface area contributed by atoms with Crippen molar-refractivity contribution in [3.8, 4) is 0 Å². The van der Waals surface area contributed by atoms with Gasteiger partial charge in [-0.2, -0.15) is 26.3 Å². The van der Waals surface area contributed by atoms with Crippen molar-refractivity contribution in [2.24, 2.45) is 0 Å². The summed E-state index contributed by atoms with van der Waals surface area (Å²) in [6.07, 6.45) is -6.48. The van der Waals surface area contributed by atoms with Crippen LogP contribution in [0.2, 0.25) is 0 Å². The van der Waals surface area contributed by atoms with Crippen molar-refractivity contribution in [2.45, 2.75) is 18.9 Å². The van der Waals surface area contributed by atoms with E-state index in [1.54, 1.807) is 0 Å². The Kier molecular flexibility index (Phi) is 4.45. The number of hydrogen-bond acceptors (Lipinski definition) is 5. The highest BCUT2D eigenvalue weighted by Crippen LogP contribution is 2.28. The lowest BCUT2D eigenvalue weighted by Gasteiger charge is -2.12. The number of rotatable bonds is 3. The second-order valence-electron chi connectivity index (χ2n) is 5.25. The minimum Gasteiger partial charge on any atom is -0.292 e. The fraction of sp³-hybridized carbons (Fsp3) is 0.214. The third kappa shape index (κ3) is 4.12. The quantitative estimate of drug-likeness (QED) is 0.695. The minimum atomic E-state index is -4.69.